The molecule has 2 heterocycles. The summed E-state index contributed by atoms with van der Waals surface area (Å²) < 4.78 is 1.78. The number of aromatic amines is 1. The van der Waals surface area contributed by atoms with E-state index >= 15 is 0 Å². The van der Waals surface area contributed by atoms with Crippen molar-refractivity contribution in [1.82, 2.24) is 20.2 Å². The van der Waals surface area contributed by atoms with E-state index in [-0.39, 0.29) is 5.56 Å². The monoisotopic (exact) mass is 474 g/mol. The molecule has 0 aliphatic heterocycles. The zero-order valence-electron chi connectivity index (χ0n) is 16.4. The molecular formula is C21H19ClN4OS3. The summed E-state index contributed by atoms with van der Waals surface area (Å²) in [7, 11) is 0. The van der Waals surface area contributed by atoms with Crippen molar-refractivity contribution < 1.29 is 0 Å². The number of halogens is 1. The van der Waals surface area contributed by atoms with Crippen LogP contribution in [0.3, 0.4) is 0 Å². The van der Waals surface area contributed by atoms with Gasteiger partial charge in [0.25, 0.3) is 5.56 Å². The molecule has 30 heavy (non-hydrogen) atoms. The number of benzene rings is 2. The van der Waals surface area contributed by atoms with E-state index in [0.29, 0.717) is 33.4 Å². The lowest BCUT2D eigenvalue weighted by Gasteiger charge is -2.06. The SMILES string of the molecule is CC(C)c1ccc(CSc2nnc(SCc3nc4ccc(Cl)cc4c(=O)[nH]3)s2)cc1. The summed E-state index contributed by atoms with van der Waals surface area (Å²) in [6, 6.07) is 13.8. The number of fused-ring (bicyclic) bond motifs is 1. The highest BCUT2D eigenvalue weighted by Crippen LogP contribution is 2.32. The maximum atomic E-state index is 12.3. The number of aromatic nitrogens is 4. The van der Waals surface area contributed by atoms with Crippen molar-refractivity contribution in [2.75, 3.05) is 0 Å². The van der Waals surface area contributed by atoms with Gasteiger partial charge < -0.3 is 4.98 Å². The second-order valence-electron chi connectivity index (χ2n) is 6.98. The maximum Gasteiger partial charge on any atom is 0.258 e. The highest BCUT2D eigenvalue weighted by molar-refractivity contribution is 8.02. The summed E-state index contributed by atoms with van der Waals surface area (Å²) in [4.78, 5) is 19.6. The Kier molecular flexibility index (Phi) is 6.77. The van der Waals surface area contributed by atoms with Crippen molar-refractivity contribution >= 4 is 57.4 Å². The lowest BCUT2D eigenvalue weighted by atomic mass is 10.0. The Balaban J connectivity index is 1.36. The molecule has 4 rings (SSSR count). The number of hydrogen-bond acceptors (Lipinski definition) is 7. The fourth-order valence-corrected chi connectivity index (χ4v) is 5.83. The van der Waals surface area contributed by atoms with Crippen LogP contribution in [0.25, 0.3) is 10.9 Å². The molecule has 5 nitrogen and oxygen atoms in total. The van der Waals surface area contributed by atoms with Crippen LogP contribution in [-0.2, 0) is 11.5 Å². The lowest BCUT2D eigenvalue weighted by Crippen LogP contribution is -2.11. The fourth-order valence-electron chi connectivity index (χ4n) is 2.82. The molecule has 154 valence electrons. The van der Waals surface area contributed by atoms with E-state index in [2.05, 4.69) is 58.3 Å². The molecule has 0 unspecified atom stereocenters. The Morgan fingerprint density at radius 1 is 1.03 bits per heavy atom. The number of rotatable bonds is 7. The third kappa shape index (κ3) is 5.24. The van der Waals surface area contributed by atoms with E-state index in [1.165, 1.54) is 22.9 Å². The first-order valence-electron chi connectivity index (χ1n) is 9.34. The normalized spacial score (nSPS) is 11.5. The van der Waals surface area contributed by atoms with Gasteiger partial charge in [-0.25, -0.2) is 4.98 Å². The van der Waals surface area contributed by atoms with Gasteiger partial charge >= 0.3 is 0 Å². The minimum absolute atomic E-state index is 0.185. The van der Waals surface area contributed by atoms with Crippen LogP contribution in [-0.4, -0.2) is 20.2 Å². The van der Waals surface area contributed by atoms with Gasteiger partial charge in [0.15, 0.2) is 8.68 Å². The Morgan fingerprint density at radius 3 is 2.43 bits per heavy atom. The summed E-state index contributed by atoms with van der Waals surface area (Å²) in [6.45, 7) is 4.39. The van der Waals surface area contributed by atoms with Crippen LogP contribution in [0, 0.1) is 0 Å². The van der Waals surface area contributed by atoms with Crippen molar-refractivity contribution in [3.63, 3.8) is 0 Å². The van der Waals surface area contributed by atoms with Gasteiger partial charge in [-0.2, -0.15) is 0 Å². The Morgan fingerprint density at radius 2 is 1.73 bits per heavy atom. The van der Waals surface area contributed by atoms with Gasteiger partial charge in [-0.05, 0) is 35.2 Å². The first-order chi connectivity index (χ1) is 14.5. The largest absolute Gasteiger partial charge is 0.309 e. The third-order valence-corrected chi connectivity index (χ3v) is 7.95. The quantitative estimate of drug-likeness (QED) is 0.324. The van der Waals surface area contributed by atoms with E-state index < -0.39 is 0 Å². The molecular weight excluding hydrogens is 456 g/mol. The number of H-pyrrole nitrogens is 1. The van der Waals surface area contributed by atoms with E-state index in [9.17, 15) is 4.79 Å². The Hall–Kier alpha value is -1.87. The predicted molar refractivity (Wildman–Crippen MR) is 127 cm³/mol. The molecule has 0 radical (unpaired) electrons. The third-order valence-electron chi connectivity index (χ3n) is 4.45. The van der Waals surface area contributed by atoms with Gasteiger partial charge in [0.2, 0.25) is 0 Å². The van der Waals surface area contributed by atoms with Crippen LogP contribution >= 0.6 is 46.5 Å². The highest BCUT2D eigenvalue weighted by atomic mass is 35.5. The molecule has 0 atom stereocenters. The molecule has 0 saturated carbocycles. The van der Waals surface area contributed by atoms with Crippen molar-refractivity contribution in [2.24, 2.45) is 0 Å². The van der Waals surface area contributed by atoms with E-state index in [0.717, 1.165) is 14.4 Å². The van der Waals surface area contributed by atoms with Gasteiger partial charge in [0.05, 0.1) is 16.7 Å². The van der Waals surface area contributed by atoms with Gasteiger partial charge in [-0.1, -0.05) is 84.6 Å². The maximum absolute atomic E-state index is 12.3. The molecule has 0 fully saturated rings. The van der Waals surface area contributed by atoms with Crippen molar-refractivity contribution in [2.45, 2.75) is 40.0 Å². The van der Waals surface area contributed by atoms with Crippen LogP contribution in [0.1, 0.15) is 36.7 Å². The van der Waals surface area contributed by atoms with Crippen molar-refractivity contribution in [3.8, 4) is 0 Å². The number of hydrogen-bond donors (Lipinski definition) is 1. The fraction of sp³-hybridized carbons (Fsp3) is 0.238. The first-order valence-corrected chi connectivity index (χ1v) is 12.5. The van der Waals surface area contributed by atoms with E-state index in [4.69, 9.17) is 11.6 Å². The molecule has 0 aliphatic rings. The molecule has 0 saturated heterocycles. The molecule has 1 N–H and O–H groups in total. The number of nitrogens with one attached hydrogen (secondary N) is 1. The van der Waals surface area contributed by atoms with Crippen molar-refractivity contribution in [1.29, 1.82) is 0 Å². The zero-order valence-corrected chi connectivity index (χ0v) is 19.6. The number of nitrogens with zero attached hydrogens (tertiary/aromatic N) is 3. The van der Waals surface area contributed by atoms with Crippen LogP contribution in [0.4, 0.5) is 0 Å². The van der Waals surface area contributed by atoms with Crippen LogP contribution in [0.5, 0.6) is 0 Å². The predicted octanol–water partition coefficient (Wildman–Crippen LogP) is 6.14. The first kappa shape index (κ1) is 21.4. The van der Waals surface area contributed by atoms with Crippen LogP contribution < -0.4 is 5.56 Å². The van der Waals surface area contributed by atoms with Crippen LogP contribution in [0.2, 0.25) is 5.02 Å². The summed E-state index contributed by atoms with van der Waals surface area (Å²) in [5.41, 5.74) is 3.07. The molecule has 9 heteroatoms. The highest BCUT2D eigenvalue weighted by Gasteiger charge is 2.09. The molecule has 2 aromatic heterocycles. The smallest absolute Gasteiger partial charge is 0.258 e. The average Bonchev–Trinajstić information content (AvgIpc) is 3.19. The summed E-state index contributed by atoms with van der Waals surface area (Å²) >= 11 is 10.7. The van der Waals surface area contributed by atoms with Gasteiger partial charge in [0, 0.05) is 10.8 Å². The summed E-state index contributed by atoms with van der Waals surface area (Å²) in [5.74, 6) is 2.53. The molecule has 0 bridgehead atoms. The molecule has 0 aliphatic carbocycles. The average molecular weight is 475 g/mol. The summed E-state index contributed by atoms with van der Waals surface area (Å²) in [5, 5.41) is 9.53. The van der Waals surface area contributed by atoms with Crippen molar-refractivity contribution in [3.05, 3.63) is 74.8 Å². The second-order valence-corrected chi connectivity index (χ2v) is 10.8. The zero-order chi connectivity index (χ0) is 21.1. The van der Waals surface area contributed by atoms with Gasteiger partial charge in [-0.15, -0.1) is 10.2 Å². The minimum Gasteiger partial charge on any atom is -0.309 e. The summed E-state index contributed by atoms with van der Waals surface area (Å²) in [6.07, 6.45) is 0. The molecule has 2 aromatic carbocycles. The van der Waals surface area contributed by atoms with Gasteiger partial charge in [0.1, 0.15) is 5.82 Å². The Bertz CT molecular complexity index is 1220. The van der Waals surface area contributed by atoms with E-state index in [1.807, 2.05) is 0 Å². The molecule has 0 amide bonds. The van der Waals surface area contributed by atoms with Gasteiger partial charge in [-0.3, -0.25) is 4.79 Å². The minimum atomic E-state index is -0.185. The molecule has 0 spiro atoms. The molecule has 4 aromatic rings. The second kappa shape index (κ2) is 9.51. The van der Waals surface area contributed by atoms with E-state index in [1.54, 1.807) is 41.3 Å². The number of thioether (sulfide) groups is 2. The standard InChI is InChI=1S/C21H19ClN4OS3/c1-12(2)14-5-3-13(4-6-14)10-28-20-25-26-21(30-20)29-11-18-23-17-8-7-15(22)9-16(17)19(27)24-18/h3-9,12H,10-11H2,1-2H3,(H,23,24,27). The Labute approximate surface area is 191 Å². The topological polar surface area (TPSA) is 71.5 Å². The van der Waals surface area contributed by atoms with Crippen LogP contribution in [0.15, 0.2) is 55.9 Å². The lowest BCUT2D eigenvalue weighted by molar-refractivity contribution is 0.866.